The topological polar surface area (TPSA) is 40.6 Å². The maximum Gasteiger partial charge on any atom is 0.226 e. The van der Waals surface area contributed by atoms with Crippen molar-refractivity contribution in [3.63, 3.8) is 0 Å². The largest absolute Gasteiger partial charge is 0.349 e. The number of carbonyl (C=O) groups is 2. The van der Waals surface area contributed by atoms with Crippen LogP contribution in [0.25, 0.3) is 6.08 Å². The van der Waals surface area contributed by atoms with E-state index in [4.69, 9.17) is 0 Å². The van der Waals surface area contributed by atoms with Crippen LogP contribution in [-0.2, 0) is 28.9 Å². The van der Waals surface area contributed by atoms with Crippen LogP contribution in [-0.4, -0.2) is 49.8 Å². The van der Waals surface area contributed by atoms with Gasteiger partial charge in [0.05, 0.1) is 0 Å². The third-order valence-electron chi connectivity index (χ3n) is 6.91. The summed E-state index contributed by atoms with van der Waals surface area (Å²) < 4.78 is 0. The van der Waals surface area contributed by atoms with Gasteiger partial charge in [-0.15, -0.1) is 0 Å². The van der Waals surface area contributed by atoms with Crippen molar-refractivity contribution in [1.29, 1.82) is 0 Å². The van der Waals surface area contributed by atoms with E-state index in [0.29, 0.717) is 18.8 Å². The molecule has 4 heteroatoms. The molecule has 2 aliphatic carbocycles. The van der Waals surface area contributed by atoms with E-state index in [2.05, 4.69) is 56.3 Å². The second kappa shape index (κ2) is 11.5. The summed E-state index contributed by atoms with van der Waals surface area (Å²) in [7, 11) is 7.29. The SMILES string of the molecule is Cc1ccc2c(c1)CCC(CC(=O)N(C)C)=C2.Cc1ccc2c(c1)CCC(CC(=O)N(C)C)C2. The third-order valence-corrected chi connectivity index (χ3v) is 6.91. The van der Waals surface area contributed by atoms with Crippen LogP contribution in [0.1, 0.15) is 59.1 Å². The molecule has 0 saturated carbocycles. The van der Waals surface area contributed by atoms with E-state index in [9.17, 15) is 9.59 Å². The van der Waals surface area contributed by atoms with Crippen molar-refractivity contribution < 1.29 is 9.59 Å². The summed E-state index contributed by atoms with van der Waals surface area (Å²) in [4.78, 5) is 26.7. The van der Waals surface area contributed by atoms with Crippen molar-refractivity contribution in [2.45, 2.75) is 58.8 Å². The van der Waals surface area contributed by atoms with E-state index in [-0.39, 0.29) is 11.8 Å². The third kappa shape index (κ3) is 7.06. The normalized spacial score (nSPS) is 16.3. The van der Waals surface area contributed by atoms with E-state index in [0.717, 1.165) is 32.1 Å². The maximum atomic E-state index is 11.7. The number of fused-ring (bicyclic) bond motifs is 2. The van der Waals surface area contributed by atoms with Gasteiger partial charge in [0, 0.05) is 41.0 Å². The van der Waals surface area contributed by atoms with Gasteiger partial charge in [0.25, 0.3) is 0 Å². The Morgan fingerprint density at radius 3 is 2.12 bits per heavy atom. The molecular weight excluding hydrogens is 420 g/mol. The summed E-state index contributed by atoms with van der Waals surface area (Å²) >= 11 is 0. The lowest BCUT2D eigenvalue weighted by atomic mass is 9.81. The average Bonchev–Trinajstić information content (AvgIpc) is 2.79. The molecule has 0 bridgehead atoms. The molecule has 0 radical (unpaired) electrons. The van der Waals surface area contributed by atoms with Crippen LogP contribution in [0.15, 0.2) is 42.0 Å². The first-order valence-corrected chi connectivity index (χ1v) is 12.4. The lowest BCUT2D eigenvalue weighted by Crippen LogP contribution is -2.26. The quantitative estimate of drug-likeness (QED) is 0.614. The second-order valence-corrected chi connectivity index (χ2v) is 10.3. The summed E-state index contributed by atoms with van der Waals surface area (Å²) in [5.74, 6) is 0.970. The predicted octanol–water partition coefficient (Wildman–Crippen LogP) is 5.38. The molecule has 0 spiro atoms. The molecule has 0 aromatic heterocycles. The fraction of sp³-hybridized carbons (Fsp3) is 0.467. The van der Waals surface area contributed by atoms with E-state index < -0.39 is 0 Å². The first-order chi connectivity index (χ1) is 16.1. The highest BCUT2D eigenvalue weighted by molar-refractivity contribution is 5.80. The van der Waals surface area contributed by atoms with E-state index >= 15 is 0 Å². The van der Waals surface area contributed by atoms with Crippen LogP contribution in [0, 0.1) is 19.8 Å². The first-order valence-electron chi connectivity index (χ1n) is 12.4. The maximum absolute atomic E-state index is 11.7. The minimum Gasteiger partial charge on any atom is -0.349 e. The zero-order valence-electron chi connectivity index (χ0n) is 21.8. The lowest BCUT2D eigenvalue weighted by molar-refractivity contribution is -0.130. The summed E-state index contributed by atoms with van der Waals surface area (Å²) in [6.45, 7) is 4.26. The lowest BCUT2D eigenvalue weighted by Gasteiger charge is -2.25. The highest BCUT2D eigenvalue weighted by Crippen LogP contribution is 2.29. The molecule has 4 rings (SSSR count). The molecule has 0 N–H and O–H groups in total. The number of amides is 2. The van der Waals surface area contributed by atoms with E-state index in [1.165, 1.54) is 39.0 Å². The van der Waals surface area contributed by atoms with Crippen molar-refractivity contribution in [3.05, 3.63) is 75.4 Å². The van der Waals surface area contributed by atoms with Crippen molar-refractivity contribution in [2.75, 3.05) is 28.2 Å². The molecule has 1 atom stereocenters. The van der Waals surface area contributed by atoms with Crippen LogP contribution in [0.3, 0.4) is 0 Å². The fourth-order valence-electron chi connectivity index (χ4n) is 4.73. The molecule has 0 heterocycles. The molecule has 0 saturated heterocycles. The molecule has 2 amide bonds. The molecule has 2 aliphatic rings. The Kier molecular flexibility index (Phi) is 8.71. The van der Waals surface area contributed by atoms with Crippen LogP contribution in [0.5, 0.6) is 0 Å². The van der Waals surface area contributed by atoms with Crippen LogP contribution in [0.4, 0.5) is 0 Å². The van der Waals surface area contributed by atoms with Gasteiger partial charge >= 0.3 is 0 Å². The van der Waals surface area contributed by atoms with Crippen LogP contribution >= 0.6 is 0 Å². The molecule has 2 aromatic carbocycles. The molecule has 182 valence electrons. The van der Waals surface area contributed by atoms with Gasteiger partial charge in [-0.2, -0.15) is 0 Å². The van der Waals surface area contributed by atoms with Crippen molar-refractivity contribution >= 4 is 17.9 Å². The predicted molar refractivity (Wildman–Crippen MR) is 141 cm³/mol. The van der Waals surface area contributed by atoms with Gasteiger partial charge in [0.15, 0.2) is 0 Å². The Hall–Kier alpha value is -2.88. The summed E-state index contributed by atoms with van der Waals surface area (Å²) in [6, 6.07) is 13.2. The number of rotatable bonds is 4. The Bertz CT molecular complexity index is 1070. The smallest absolute Gasteiger partial charge is 0.226 e. The Balaban J connectivity index is 0.000000191. The summed E-state index contributed by atoms with van der Waals surface area (Å²) in [6.07, 6.45) is 8.84. The zero-order valence-corrected chi connectivity index (χ0v) is 21.8. The van der Waals surface area contributed by atoms with Gasteiger partial charge < -0.3 is 9.80 Å². The standard InChI is InChI=1S/C15H21NO.C15H19NO/c2*1-11-4-6-14-9-12(5-7-13(14)8-11)10-15(17)16(2)3/h4,6,8,12H,5,7,9-10H2,1-3H3;4,6,8-9H,5,7,10H2,1-3H3. The molecule has 2 aromatic rings. The number of nitrogens with zero attached hydrogens (tertiary/aromatic N) is 2. The van der Waals surface area contributed by atoms with Crippen LogP contribution in [0.2, 0.25) is 0 Å². The summed E-state index contributed by atoms with van der Waals surface area (Å²) in [5.41, 5.74) is 9.52. The minimum absolute atomic E-state index is 0.187. The van der Waals surface area contributed by atoms with Crippen molar-refractivity contribution in [2.24, 2.45) is 5.92 Å². The highest BCUT2D eigenvalue weighted by atomic mass is 16.2. The van der Waals surface area contributed by atoms with Gasteiger partial charge in [-0.05, 0) is 74.1 Å². The molecule has 1 unspecified atom stereocenters. The summed E-state index contributed by atoms with van der Waals surface area (Å²) in [5, 5.41) is 0. The first kappa shape index (κ1) is 25.7. The van der Waals surface area contributed by atoms with E-state index in [1.54, 1.807) is 9.80 Å². The van der Waals surface area contributed by atoms with Crippen molar-refractivity contribution in [3.8, 4) is 0 Å². The Morgan fingerprint density at radius 2 is 1.44 bits per heavy atom. The van der Waals surface area contributed by atoms with E-state index in [1.807, 2.05) is 28.2 Å². The second-order valence-electron chi connectivity index (χ2n) is 10.3. The number of hydrogen-bond donors (Lipinski definition) is 0. The fourth-order valence-corrected chi connectivity index (χ4v) is 4.73. The monoisotopic (exact) mass is 460 g/mol. The minimum atomic E-state index is 0.187. The number of hydrogen-bond acceptors (Lipinski definition) is 2. The molecule has 0 fully saturated rings. The van der Waals surface area contributed by atoms with Gasteiger partial charge in [-0.25, -0.2) is 0 Å². The average molecular weight is 461 g/mol. The van der Waals surface area contributed by atoms with Gasteiger partial charge in [-0.3, -0.25) is 9.59 Å². The Morgan fingerprint density at radius 1 is 0.794 bits per heavy atom. The van der Waals surface area contributed by atoms with Gasteiger partial charge in [-0.1, -0.05) is 59.2 Å². The zero-order chi connectivity index (χ0) is 24.8. The number of benzene rings is 2. The molecule has 0 aliphatic heterocycles. The highest BCUT2D eigenvalue weighted by Gasteiger charge is 2.21. The van der Waals surface area contributed by atoms with Gasteiger partial charge in [0.2, 0.25) is 11.8 Å². The molecule has 34 heavy (non-hydrogen) atoms. The van der Waals surface area contributed by atoms with Gasteiger partial charge in [0.1, 0.15) is 0 Å². The number of aryl methyl sites for hydroxylation is 4. The Labute approximate surface area is 205 Å². The molecular formula is C30H40N2O2. The number of carbonyl (C=O) groups excluding carboxylic acids is 2. The molecule has 4 nitrogen and oxygen atoms in total. The van der Waals surface area contributed by atoms with Crippen LogP contribution < -0.4 is 0 Å². The van der Waals surface area contributed by atoms with Crippen molar-refractivity contribution in [1.82, 2.24) is 9.80 Å².